The van der Waals surface area contributed by atoms with E-state index in [0.29, 0.717) is 5.69 Å². The molecule has 102 valence electrons. The molecule has 1 fully saturated rings. The van der Waals surface area contributed by atoms with Crippen molar-refractivity contribution in [1.82, 2.24) is 14.3 Å². The average molecular weight is 285 g/mol. The summed E-state index contributed by atoms with van der Waals surface area (Å²) in [6.45, 7) is 2.07. The molecule has 0 N–H and O–H groups in total. The number of thiazole rings is 1. The maximum absolute atomic E-state index is 13.1. The number of hydrogen-bond acceptors (Lipinski definition) is 3. The quantitative estimate of drug-likeness (QED) is 0.807. The van der Waals surface area contributed by atoms with Crippen LogP contribution in [-0.2, 0) is 0 Å². The third kappa shape index (κ3) is 2.22. The highest BCUT2D eigenvalue weighted by Crippen LogP contribution is 2.29. The number of fused-ring (bicyclic) bond motifs is 1. The van der Waals surface area contributed by atoms with Crippen LogP contribution in [0, 0.1) is 6.92 Å². The molecule has 0 aromatic carbocycles. The molecule has 0 bridgehead atoms. The summed E-state index contributed by atoms with van der Waals surface area (Å²) in [6, 6.07) is 0. The monoisotopic (exact) mass is 285 g/mol. The maximum Gasteiger partial charge on any atom is 0.271 e. The largest absolute Gasteiger partial charge is 0.337 e. The number of halogens is 2. The number of aryl methyl sites for hydroxylation is 1. The first-order chi connectivity index (χ1) is 8.96. The van der Waals surface area contributed by atoms with Crippen molar-refractivity contribution < 1.29 is 13.6 Å². The van der Waals surface area contributed by atoms with E-state index in [1.165, 1.54) is 16.2 Å². The molecule has 0 unspecified atom stereocenters. The lowest BCUT2D eigenvalue weighted by Gasteiger charge is -2.31. The predicted octanol–water partition coefficient (Wildman–Crippen LogP) is 2.58. The van der Waals surface area contributed by atoms with E-state index in [9.17, 15) is 13.6 Å². The van der Waals surface area contributed by atoms with Gasteiger partial charge >= 0.3 is 0 Å². The number of piperidine rings is 1. The van der Waals surface area contributed by atoms with Crippen LogP contribution in [0.5, 0.6) is 0 Å². The van der Waals surface area contributed by atoms with Crippen LogP contribution in [0.4, 0.5) is 8.78 Å². The van der Waals surface area contributed by atoms with Crippen LogP contribution >= 0.6 is 11.3 Å². The Hall–Kier alpha value is -1.50. The Morgan fingerprint density at radius 3 is 2.79 bits per heavy atom. The number of imidazole rings is 1. The van der Waals surface area contributed by atoms with Crippen molar-refractivity contribution in [3.05, 3.63) is 23.0 Å². The number of aromatic nitrogens is 2. The maximum atomic E-state index is 13.1. The highest BCUT2D eigenvalue weighted by Gasteiger charge is 2.36. The molecule has 0 radical (unpaired) electrons. The fourth-order valence-electron chi connectivity index (χ4n) is 2.25. The van der Waals surface area contributed by atoms with Crippen molar-refractivity contribution in [1.29, 1.82) is 0 Å². The fourth-order valence-corrected chi connectivity index (χ4v) is 3.14. The minimum absolute atomic E-state index is 0.108. The van der Waals surface area contributed by atoms with Crippen molar-refractivity contribution in [2.45, 2.75) is 25.7 Å². The van der Waals surface area contributed by atoms with Gasteiger partial charge < -0.3 is 4.90 Å². The van der Waals surface area contributed by atoms with Crippen molar-refractivity contribution in [3.8, 4) is 0 Å². The molecule has 0 saturated carbocycles. The number of alkyl halides is 2. The molecule has 1 aliphatic heterocycles. The van der Waals surface area contributed by atoms with Gasteiger partial charge in [0.2, 0.25) is 0 Å². The summed E-state index contributed by atoms with van der Waals surface area (Å²) in [4.78, 5) is 18.9. The number of rotatable bonds is 1. The van der Waals surface area contributed by atoms with Gasteiger partial charge in [-0.3, -0.25) is 9.20 Å². The number of carbonyl (C=O) groups excluding carboxylic acids is 1. The van der Waals surface area contributed by atoms with Gasteiger partial charge in [0.1, 0.15) is 5.69 Å². The summed E-state index contributed by atoms with van der Waals surface area (Å²) >= 11 is 1.38. The zero-order valence-corrected chi connectivity index (χ0v) is 11.2. The van der Waals surface area contributed by atoms with Crippen LogP contribution < -0.4 is 0 Å². The molecule has 2 aromatic rings. The Kier molecular flexibility index (Phi) is 2.81. The van der Waals surface area contributed by atoms with Crippen molar-refractivity contribution in [2.75, 3.05) is 13.1 Å². The normalized spacial score (nSPS) is 19.0. The van der Waals surface area contributed by atoms with E-state index in [1.807, 2.05) is 6.92 Å². The Balaban J connectivity index is 1.84. The lowest BCUT2D eigenvalue weighted by Crippen LogP contribution is -2.43. The Labute approximate surface area is 112 Å². The molecular formula is C12H13F2N3OS. The molecule has 4 nitrogen and oxygen atoms in total. The highest BCUT2D eigenvalue weighted by molar-refractivity contribution is 7.15. The van der Waals surface area contributed by atoms with Crippen LogP contribution in [0.15, 0.2) is 11.6 Å². The van der Waals surface area contributed by atoms with E-state index in [0.717, 1.165) is 10.7 Å². The van der Waals surface area contributed by atoms with E-state index in [2.05, 4.69) is 4.98 Å². The standard InChI is InChI=1S/C12H13F2N3OS/c1-8-6-17-9(7-19-11(17)15-8)10(18)16-4-2-12(13,14)3-5-16/h6-7H,2-5H2,1H3. The zero-order valence-electron chi connectivity index (χ0n) is 10.4. The second-order valence-electron chi connectivity index (χ2n) is 4.80. The summed E-state index contributed by atoms with van der Waals surface area (Å²) in [5.41, 5.74) is 1.34. The van der Waals surface area contributed by atoms with Gasteiger partial charge in [-0.2, -0.15) is 0 Å². The second-order valence-corrected chi connectivity index (χ2v) is 5.64. The molecule has 1 saturated heterocycles. The van der Waals surface area contributed by atoms with Crippen LogP contribution in [0.1, 0.15) is 29.0 Å². The Morgan fingerprint density at radius 2 is 2.11 bits per heavy atom. The van der Waals surface area contributed by atoms with Gasteiger partial charge in [-0.25, -0.2) is 13.8 Å². The van der Waals surface area contributed by atoms with Gasteiger partial charge in [-0.05, 0) is 6.92 Å². The van der Waals surface area contributed by atoms with Crippen LogP contribution in [0.3, 0.4) is 0 Å². The topological polar surface area (TPSA) is 37.6 Å². The van der Waals surface area contributed by atoms with Crippen molar-refractivity contribution >= 4 is 22.2 Å². The molecule has 3 heterocycles. The van der Waals surface area contributed by atoms with E-state index >= 15 is 0 Å². The third-order valence-electron chi connectivity index (χ3n) is 3.33. The molecule has 1 aliphatic rings. The number of hydrogen-bond donors (Lipinski definition) is 0. The number of nitrogens with zero attached hydrogens (tertiary/aromatic N) is 3. The highest BCUT2D eigenvalue weighted by atomic mass is 32.1. The van der Waals surface area contributed by atoms with Crippen molar-refractivity contribution in [3.63, 3.8) is 0 Å². The smallest absolute Gasteiger partial charge is 0.271 e. The molecule has 2 aromatic heterocycles. The Bertz CT molecular complexity index is 624. The molecule has 3 rings (SSSR count). The number of likely N-dealkylation sites (tertiary alicyclic amines) is 1. The summed E-state index contributed by atoms with van der Waals surface area (Å²) in [7, 11) is 0. The van der Waals surface area contributed by atoms with Gasteiger partial charge in [0, 0.05) is 37.5 Å². The molecule has 7 heteroatoms. The summed E-state index contributed by atoms with van der Waals surface area (Å²) < 4.78 is 27.9. The molecule has 0 aliphatic carbocycles. The van der Waals surface area contributed by atoms with Crippen LogP contribution in [0.25, 0.3) is 4.96 Å². The van der Waals surface area contributed by atoms with E-state index in [1.54, 1.807) is 16.0 Å². The summed E-state index contributed by atoms with van der Waals surface area (Å²) in [5, 5.41) is 1.73. The predicted molar refractivity (Wildman–Crippen MR) is 67.9 cm³/mol. The SMILES string of the molecule is Cc1cn2c(C(=O)N3CCC(F)(F)CC3)csc2n1. The van der Waals surface area contributed by atoms with Crippen LogP contribution in [-0.4, -0.2) is 39.2 Å². The number of carbonyl (C=O) groups is 1. The van der Waals surface area contributed by atoms with Gasteiger partial charge in [-0.15, -0.1) is 11.3 Å². The number of amides is 1. The summed E-state index contributed by atoms with van der Waals surface area (Å²) in [6.07, 6.45) is 1.28. The van der Waals surface area contributed by atoms with E-state index < -0.39 is 5.92 Å². The molecule has 19 heavy (non-hydrogen) atoms. The fraction of sp³-hybridized carbons (Fsp3) is 0.500. The van der Waals surface area contributed by atoms with Gasteiger partial charge in [0.15, 0.2) is 4.96 Å². The molecule has 0 atom stereocenters. The average Bonchev–Trinajstić information content (AvgIpc) is 2.86. The molecule has 1 amide bonds. The zero-order chi connectivity index (χ0) is 13.6. The first-order valence-electron chi connectivity index (χ1n) is 6.07. The van der Waals surface area contributed by atoms with Gasteiger partial charge in [-0.1, -0.05) is 0 Å². The minimum Gasteiger partial charge on any atom is -0.337 e. The Morgan fingerprint density at radius 1 is 1.42 bits per heavy atom. The first-order valence-corrected chi connectivity index (χ1v) is 6.94. The molecule has 0 spiro atoms. The minimum atomic E-state index is -2.63. The molecular weight excluding hydrogens is 272 g/mol. The van der Waals surface area contributed by atoms with E-state index in [4.69, 9.17) is 0 Å². The first kappa shape index (κ1) is 12.5. The van der Waals surface area contributed by atoms with Crippen LogP contribution in [0.2, 0.25) is 0 Å². The van der Waals surface area contributed by atoms with Crippen molar-refractivity contribution in [2.24, 2.45) is 0 Å². The lowest BCUT2D eigenvalue weighted by molar-refractivity contribution is -0.0495. The van der Waals surface area contributed by atoms with Gasteiger partial charge in [0.25, 0.3) is 11.8 Å². The second kappa shape index (κ2) is 4.26. The summed E-state index contributed by atoms with van der Waals surface area (Å²) in [5.74, 6) is -2.83. The van der Waals surface area contributed by atoms with Gasteiger partial charge in [0.05, 0.1) is 5.69 Å². The third-order valence-corrected chi connectivity index (χ3v) is 4.17. The van der Waals surface area contributed by atoms with E-state index in [-0.39, 0.29) is 31.8 Å². The lowest BCUT2D eigenvalue weighted by atomic mass is 10.1.